The fourth-order valence-corrected chi connectivity index (χ4v) is 1.06. The molecule has 0 bridgehead atoms. The van der Waals surface area contributed by atoms with Gasteiger partial charge in [0.05, 0.1) is 0 Å². The van der Waals surface area contributed by atoms with E-state index < -0.39 is 11.2 Å². The van der Waals surface area contributed by atoms with Crippen molar-refractivity contribution in [1.82, 2.24) is 0 Å². The van der Waals surface area contributed by atoms with Gasteiger partial charge in [-0.3, -0.25) is 0 Å². The Morgan fingerprint density at radius 2 is 2.29 bits per heavy atom. The summed E-state index contributed by atoms with van der Waals surface area (Å²) in [5, 5.41) is 0. The monoisotopic (exact) mass is 135 g/mol. The number of thioether (sulfide) groups is 1. The van der Waals surface area contributed by atoms with Gasteiger partial charge in [-0.25, -0.2) is 0 Å². The topological polar surface area (TPSA) is 23.1 Å². The molecule has 0 saturated carbocycles. The molecule has 0 saturated heterocycles. The van der Waals surface area contributed by atoms with Gasteiger partial charge in [0, 0.05) is 6.58 Å². The largest absolute Gasteiger partial charge is 0.611 e. The highest BCUT2D eigenvalue weighted by atomic mass is 32.3. The first kappa shape index (κ1) is 7.40. The van der Waals surface area contributed by atoms with Gasteiger partial charge >= 0.3 is 0 Å². The fourth-order valence-electron chi connectivity index (χ4n) is 0.117. The van der Waals surface area contributed by atoms with Crippen LogP contribution in [0.25, 0.3) is 0 Å². The van der Waals surface area contributed by atoms with Crippen LogP contribution >= 0.6 is 11.8 Å². The van der Waals surface area contributed by atoms with Crippen LogP contribution in [0.1, 0.15) is 0 Å². The summed E-state index contributed by atoms with van der Waals surface area (Å²) < 4.78 is 10.8. The Balaban J connectivity index is 3.35. The normalized spacial score (nSPS) is 13.6. The van der Waals surface area contributed by atoms with Gasteiger partial charge in [0.15, 0.2) is 4.24 Å². The van der Waals surface area contributed by atoms with E-state index in [0.29, 0.717) is 4.24 Å². The standard InChI is InChI=1S/C4H7OS2/c1-4(6-2)7(3)5/h1H,2-3H3. The van der Waals surface area contributed by atoms with Gasteiger partial charge in [-0.2, -0.15) is 0 Å². The Labute approximate surface area is 51.4 Å². The molecule has 1 radical (unpaired) electrons. The van der Waals surface area contributed by atoms with E-state index in [-0.39, 0.29) is 0 Å². The highest BCUT2D eigenvalue weighted by molar-refractivity contribution is 8.18. The van der Waals surface area contributed by atoms with Crippen LogP contribution in [-0.2, 0) is 11.2 Å². The average molecular weight is 135 g/mol. The molecule has 0 aliphatic carbocycles. The summed E-state index contributed by atoms with van der Waals surface area (Å²) in [6, 6.07) is 0. The predicted molar refractivity (Wildman–Crippen MR) is 35.4 cm³/mol. The van der Waals surface area contributed by atoms with Crippen molar-refractivity contribution >= 4 is 22.9 Å². The van der Waals surface area contributed by atoms with Gasteiger partial charge in [-0.15, -0.1) is 0 Å². The minimum absolute atomic E-state index is 0.486. The third-order valence-corrected chi connectivity index (χ3v) is 2.66. The predicted octanol–water partition coefficient (Wildman–Crippen LogP) is 1.00. The van der Waals surface area contributed by atoms with Crippen molar-refractivity contribution in [3.05, 3.63) is 10.8 Å². The SMILES string of the molecule is [CH]=C(SC)[S+](C)[O-]. The van der Waals surface area contributed by atoms with Crippen molar-refractivity contribution in [3.63, 3.8) is 0 Å². The summed E-state index contributed by atoms with van der Waals surface area (Å²) in [7, 11) is 0. The molecule has 0 aromatic rings. The highest BCUT2D eigenvalue weighted by Crippen LogP contribution is 2.13. The zero-order chi connectivity index (χ0) is 5.86. The van der Waals surface area contributed by atoms with Gasteiger partial charge in [-0.05, 0) is 17.4 Å². The van der Waals surface area contributed by atoms with E-state index in [1.165, 1.54) is 11.8 Å². The lowest BCUT2D eigenvalue weighted by atomic mass is 11.3. The molecule has 0 aromatic heterocycles. The number of hydrogen-bond acceptors (Lipinski definition) is 2. The zero-order valence-corrected chi connectivity index (χ0v) is 5.94. The van der Waals surface area contributed by atoms with E-state index in [0.717, 1.165) is 0 Å². The maximum absolute atomic E-state index is 10.3. The summed E-state index contributed by atoms with van der Waals surface area (Å²) in [4.78, 5) is 0. The van der Waals surface area contributed by atoms with Crippen molar-refractivity contribution < 1.29 is 4.55 Å². The lowest BCUT2D eigenvalue weighted by Gasteiger charge is -2.01. The highest BCUT2D eigenvalue weighted by Gasteiger charge is 1.99. The maximum atomic E-state index is 10.3. The Morgan fingerprint density at radius 1 is 1.86 bits per heavy atom. The molecule has 0 heterocycles. The van der Waals surface area contributed by atoms with Crippen LogP contribution in [0.15, 0.2) is 4.24 Å². The van der Waals surface area contributed by atoms with Crippen molar-refractivity contribution in [2.24, 2.45) is 0 Å². The van der Waals surface area contributed by atoms with E-state index in [9.17, 15) is 4.55 Å². The first-order chi connectivity index (χ1) is 3.18. The van der Waals surface area contributed by atoms with E-state index in [2.05, 4.69) is 0 Å². The summed E-state index contributed by atoms with van der Waals surface area (Å²) >= 11 is 0.374. The van der Waals surface area contributed by atoms with E-state index >= 15 is 0 Å². The quantitative estimate of drug-likeness (QED) is 0.527. The number of hydrogen-bond donors (Lipinski definition) is 0. The van der Waals surface area contributed by atoms with Gasteiger partial charge in [0.1, 0.15) is 6.26 Å². The third kappa shape index (κ3) is 3.02. The van der Waals surface area contributed by atoms with Crippen LogP contribution in [0.4, 0.5) is 0 Å². The van der Waals surface area contributed by atoms with E-state index in [1.807, 2.05) is 0 Å². The van der Waals surface area contributed by atoms with Gasteiger partial charge in [-0.1, -0.05) is 11.8 Å². The third-order valence-electron chi connectivity index (χ3n) is 0.485. The van der Waals surface area contributed by atoms with Gasteiger partial charge in [0.25, 0.3) is 0 Å². The molecule has 7 heavy (non-hydrogen) atoms. The average Bonchev–Trinajstić information content (AvgIpc) is 1.65. The van der Waals surface area contributed by atoms with Crippen molar-refractivity contribution in [1.29, 1.82) is 0 Å². The molecule has 0 rings (SSSR count). The molecule has 41 valence electrons. The van der Waals surface area contributed by atoms with E-state index in [1.54, 1.807) is 12.5 Å². The van der Waals surface area contributed by atoms with Crippen LogP contribution in [-0.4, -0.2) is 17.1 Å². The maximum Gasteiger partial charge on any atom is 0.185 e. The smallest absolute Gasteiger partial charge is 0.185 e. The molecular weight excluding hydrogens is 128 g/mol. The summed E-state index contributed by atoms with van der Waals surface area (Å²) in [6.07, 6.45) is 3.36. The molecule has 1 atom stereocenters. The van der Waals surface area contributed by atoms with Gasteiger partial charge < -0.3 is 4.55 Å². The first-order valence-electron chi connectivity index (χ1n) is 1.68. The van der Waals surface area contributed by atoms with Crippen LogP contribution in [0.2, 0.25) is 0 Å². The fraction of sp³-hybridized carbons (Fsp3) is 0.500. The van der Waals surface area contributed by atoms with Gasteiger partial charge in [0.2, 0.25) is 0 Å². The Bertz CT molecular complexity index is 70.1. The molecule has 0 aliphatic rings. The second-order valence-corrected chi connectivity index (χ2v) is 3.43. The lowest BCUT2D eigenvalue weighted by molar-refractivity contribution is 0.608. The van der Waals surface area contributed by atoms with Crippen molar-refractivity contribution in [2.75, 3.05) is 12.5 Å². The molecule has 0 aliphatic heterocycles. The van der Waals surface area contributed by atoms with Crippen LogP contribution < -0.4 is 0 Å². The summed E-state index contributed by atoms with van der Waals surface area (Å²) in [5.74, 6) is 0. The van der Waals surface area contributed by atoms with Crippen LogP contribution in [0.5, 0.6) is 0 Å². The molecule has 1 nitrogen and oxygen atoms in total. The van der Waals surface area contributed by atoms with Crippen molar-refractivity contribution in [3.8, 4) is 0 Å². The molecule has 0 amide bonds. The van der Waals surface area contributed by atoms with Crippen molar-refractivity contribution in [2.45, 2.75) is 0 Å². The molecule has 3 heteroatoms. The first-order valence-corrected chi connectivity index (χ1v) is 4.46. The number of rotatable bonds is 2. The van der Waals surface area contributed by atoms with Crippen LogP contribution in [0.3, 0.4) is 0 Å². The second kappa shape index (κ2) is 3.41. The lowest BCUT2D eigenvalue weighted by Crippen LogP contribution is -1.94. The molecule has 1 unspecified atom stereocenters. The Kier molecular flexibility index (Phi) is 3.60. The summed E-state index contributed by atoms with van der Waals surface area (Å²) in [5.41, 5.74) is 0. The Hall–Kier alpha value is 0.400. The minimum Gasteiger partial charge on any atom is -0.611 e. The Morgan fingerprint density at radius 3 is 2.29 bits per heavy atom. The molecule has 0 aromatic carbocycles. The minimum atomic E-state index is -0.953. The molecule has 0 spiro atoms. The zero-order valence-electron chi connectivity index (χ0n) is 4.30. The second-order valence-electron chi connectivity index (χ2n) is 0.977. The van der Waals surface area contributed by atoms with Crippen LogP contribution in [0, 0.1) is 6.58 Å². The molecule has 0 N–H and O–H groups in total. The molecular formula is C4H7OS2. The van der Waals surface area contributed by atoms with E-state index in [4.69, 9.17) is 6.58 Å². The summed E-state index contributed by atoms with van der Waals surface area (Å²) in [6.45, 7) is 5.20. The molecule has 0 fully saturated rings.